The summed E-state index contributed by atoms with van der Waals surface area (Å²) in [4.78, 5) is 13.9. The summed E-state index contributed by atoms with van der Waals surface area (Å²) in [5.74, 6) is 4.24. The molecule has 336 valence electrons. The zero-order valence-corrected chi connectivity index (χ0v) is 37.8. The van der Waals surface area contributed by atoms with Crippen molar-refractivity contribution in [1.29, 1.82) is 0 Å². The second-order valence-corrected chi connectivity index (χ2v) is 18.6. The minimum Gasteiger partial charge on any atom is -0.461 e. The van der Waals surface area contributed by atoms with Gasteiger partial charge in [-0.1, -0.05) is 82.3 Å². The molecule has 8 aromatic rings. The molecule has 0 amide bonds. The van der Waals surface area contributed by atoms with Crippen LogP contribution in [-0.4, -0.2) is 33.1 Å². The summed E-state index contributed by atoms with van der Waals surface area (Å²) in [5.41, 5.74) is 9.79. The van der Waals surface area contributed by atoms with Gasteiger partial charge in [0.1, 0.15) is 52.6 Å². The fraction of sp³-hybridized carbons (Fsp3) is 0.281. The molecule has 8 bridgehead atoms. The highest BCUT2D eigenvalue weighted by molar-refractivity contribution is 6.23. The van der Waals surface area contributed by atoms with Crippen molar-refractivity contribution in [2.24, 2.45) is 0 Å². The Balaban J connectivity index is 0.899. The summed E-state index contributed by atoms with van der Waals surface area (Å²) in [6, 6.07) is 34.4. The Hall–Kier alpha value is -7.33. The maximum absolute atomic E-state index is 13.9. The lowest BCUT2D eigenvalue weighted by atomic mass is 9.79. The number of hydrogen-bond acceptors (Lipinski definition) is 10. The van der Waals surface area contributed by atoms with E-state index < -0.39 is 0 Å². The van der Waals surface area contributed by atoms with Gasteiger partial charge in [0, 0.05) is 92.8 Å². The molecule has 13 rings (SSSR count). The lowest BCUT2D eigenvalue weighted by Crippen LogP contribution is -2.22. The van der Waals surface area contributed by atoms with E-state index in [0.29, 0.717) is 58.0 Å². The molecule has 5 aliphatic rings. The number of esters is 1. The zero-order valence-electron chi connectivity index (χ0n) is 37.8. The number of benzene rings is 8. The van der Waals surface area contributed by atoms with Gasteiger partial charge in [-0.05, 0) is 75.0 Å². The monoisotopic (exact) mass is 892 g/mol. The molecular weight excluding hydrogens is 845 g/mol. The molecule has 1 aliphatic carbocycles. The minimum absolute atomic E-state index is 0.00627. The zero-order chi connectivity index (χ0) is 45.1. The van der Waals surface area contributed by atoms with Crippen LogP contribution in [0.1, 0.15) is 120 Å². The fourth-order valence-electron chi connectivity index (χ4n) is 11.4. The number of rotatable bonds is 6. The normalized spacial score (nSPS) is 19.5. The number of ether oxygens (including phenoxy) is 9. The summed E-state index contributed by atoms with van der Waals surface area (Å²) in [5, 5.41) is 7.49. The van der Waals surface area contributed by atoms with Gasteiger partial charge < -0.3 is 42.6 Å². The van der Waals surface area contributed by atoms with Gasteiger partial charge in [-0.25, -0.2) is 0 Å². The summed E-state index contributed by atoms with van der Waals surface area (Å²) < 4.78 is 57.6. The Morgan fingerprint density at radius 3 is 1.37 bits per heavy atom. The van der Waals surface area contributed by atoms with Crippen molar-refractivity contribution in [3.05, 3.63) is 153 Å². The molecule has 4 atom stereocenters. The molecule has 4 heterocycles. The summed E-state index contributed by atoms with van der Waals surface area (Å²) in [6.07, 6.45) is 1.62. The average molecular weight is 893 g/mol. The van der Waals surface area contributed by atoms with E-state index in [-0.39, 0.29) is 69.8 Å². The van der Waals surface area contributed by atoms with Crippen LogP contribution in [0.2, 0.25) is 0 Å². The van der Waals surface area contributed by atoms with Gasteiger partial charge in [-0.3, -0.25) is 4.79 Å². The van der Waals surface area contributed by atoms with E-state index in [0.717, 1.165) is 50.9 Å². The molecule has 0 spiro atoms. The molecule has 4 aliphatic heterocycles. The number of carbonyl (C=O) groups excluding carboxylic acids is 1. The molecular formula is C57H48O10. The molecule has 0 radical (unpaired) electrons. The fourth-order valence-corrected chi connectivity index (χ4v) is 11.4. The predicted molar refractivity (Wildman–Crippen MR) is 253 cm³/mol. The lowest BCUT2D eigenvalue weighted by molar-refractivity contribution is -0.145. The van der Waals surface area contributed by atoms with Crippen molar-refractivity contribution in [3.63, 3.8) is 0 Å². The Kier molecular flexibility index (Phi) is 9.17. The van der Waals surface area contributed by atoms with E-state index in [2.05, 4.69) is 107 Å². The smallest absolute Gasteiger partial charge is 0.306 e. The molecule has 0 N–H and O–H groups in total. The van der Waals surface area contributed by atoms with E-state index in [9.17, 15) is 4.79 Å². The van der Waals surface area contributed by atoms with Crippen molar-refractivity contribution < 1.29 is 47.4 Å². The van der Waals surface area contributed by atoms with Gasteiger partial charge in [0.2, 0.25) is 27.2 Å². The molecule has 0 saturated carbocycles. The van der Waals surface area contributed by atoms with Crippen LogP contribution in [-0.2, 0) is 22.6 Å². The van der Waals surface area contributed by atoms with Crippen LogP contribution in [0.3, 0.4) is 0 Å². The average Bonchev–Trinajstić information content (AvgIpc) is 3.33. The third kappa shape index (κ3) is 6.32. The number of carbonyl (C=O) groups is 1. The van der Waals surface area contributed by atoms with Crippen LogP contribution in [0.4, 0.5) is 0 Å². The molecule has 10 heteroatoms. The highest BCUT2D eigenvalue weighted by Crippen LogP contribution is 2.54. The second-order valence-electron chi connectivity index (χ2n) is 18.6. The molecule has 0 aromatic heterocycles. The first-order valence-electron chi connectivity index (χ1n) is 23.3. The van der Waals surface area contributed by atoms with Crippen molar-refractivity contribution in [2.45, 2.75) is 77.2 Å². The molecule has 8 aromatic carbocycles. The Bertz CT molecular complexity index is 3210. The van der Waals surface area contributed by atoms with Crippen LogP contribution >= 0.6 is 0 Å². The second kappa shape index (κ2) is 15.4. The van der Waals surface area contributed by atoms with Crippen molar-refractivity contribution in [1.82, 2.24) is 0 Å². The maximum Gasteiger partial charge on any atom is 0.306 e. The Labute approximate surface area is 387 Å². The Morgan fingerprint density at radius 2 is 0.881 bits per heavy atom. The van der Waals surface area contributed by atoms with Crippen molar-refractivity contribution in [3.8, 4) is 46.0 Å². The van der Waals surface area contributed by atoms with Crippen LogP contribution in [0.5, 0.6) is 46.0 Å². The van der Waals surface area contributed by atoms with Crippen LogP contribution in [0.15, 0.2) is 97.1 Å². The van der Waals surface area contributed by atoms with Crippen LogP contribution in [0, 0.1) is 0 Å². The lowest BCUT2D eigenvalue weighted by Gasteiger charge is -2.33. The van der Waals surface area contributed by atoms with E-state index in [1.54, 1.807) is 0 Å². The first kappa shape index (κ1) is 40.0. The third-order valence-electron chi connectivity index (χ3n) is 15.1. The predicted octanol–water partition coefficient (Wildman–Crippen LogP) is 12.5. The number of aryl methyl sites for hydroxylation is 1. The summed E-state index contributed by atoms with van der Waals surface area (Å²) in [7, 11) is 0. The van der Waals surface area contributed by atoms with Gasteiger partial charge in [0.25, 0.3) is 0 Å². The first-order valence-corrected chi connectivity index (χ1v) is 23.3. The van der Waals surface area contributed by atoms with Gasteiger partial charge in [-0.2, -0.15) is 0 Å². The molecule has 10 nitrogen and oxygen atoms in total. The SMILES string of the molecule is CC1c2cc3c4cc2OCOc2cc5c(cc21)C(C)c1cc2c(c(COC(=O)CCCc6ccc7ccc8cccc9ccc6c7c89)c1OCO5)OCOc1cc(c(cc1C2C)C3C)OCO4. The molecule has 4 unspecified atom stereocenters. The van der Waals surface area contributed by atoms with Gasteiger partial charge >= 0.3 is 5.97 Å². The quantitative estimate of drug-likeness (QED) is 0.118. The van der Waals surface area contributed by atoms with Crippen LogP contribution in [0.25, 0.3) is 32.3 Å². The molecule has 0 fully saturated rings. The van der Waals surface area contributed by atoms with Crippen molar-refractivity contribution in [2.75, 3.05) is 27.2 Å². The van der Waals surface area contributed by atoms with Crippen LogP contribution < -0.4 is 37.9 Å². The van der Waals surface area contributed by atoms with E-state index in [1.165, 1.54) is 37.9 Å². The Morgan fingerprint density at radius 1 is 0.478 bits per heavy atom. The van der Waals surface area contributed by atoms with Crippen molar-refractivity contribution >= 4 is 38.3 Å². The van der Waals surface area contributed by atoms with E-state index in [4.69, 9.17) is 42.6 Å². The van der Waals surface area contributed by atoms with E-state index in [1.807, 2.05) is 18.2 Å². The highest BCUT2D eigenvalue weighted by atomic mass is 16.7. The standard InChI is InChI=1S/C57H48O10/c1-29-38-17-39-30(2)41-19-43-32(4)45-20-44-31(3)42-18-40(29)49-22-51(42)64-27-66-56(44)46(57(45)67-28-65-52(43)23-50(41)63-26-61-48(39)21-47(38)60-25-62-49)24-59-53(58)10-6-7-33-11-12-36-14-13-34-8-5-9-35-15-16-37(33)55(36)54(34)35/h5,8-9,11-23,29-32H,6-7,10,24-28H2,1-4H3. The number of hydrogen-bond donors (Lipinski definition) is 0. The van der Waals surface area contributed by atoms with Gasteiger partial charge in [-0.15, -0.1) is 0 Å². The van der Waals surface area contributed by atoms with Gasteiger partial charge in [0.05, 0.1) is 5.56 Å². The third-order valence-corrected chi connectivity index (χ3v) is 15.1. The largest absolute Gasteiger partial charge is 0.461 e. The summed E-state index contributed by atoms with van der Waals surface area (Å²) in [6.45, 7) is 8.47. The minimum atomic E-state index is -0.297. The highest BCUT2D eigenvalue weighted by Gasteiger charge is 2.36. The van der Waals surface area contributed by atoms with Gasteiger partial charge in [0.15, 0.2) is 0 Å². The molecule has 67 heavy (non-hydrogen) atoms. The maximum atomic E-state index is 13.9. The topological polar surface area (TPSA) is 100 Å². The van der Waals surface area contributed by atoms with E-state index >= 15 is 0 Å². The molecule has 0 saturated heterocycles. The first-order chi connectivity index (χ1) is 32.8. The summed E-state index contributed by atoms with van der Waals surface area (Å²) >= 11 is 0.